The van der Waals surface area contributed by atoms with Crippen molar-refractivity contribution in [2.24, 2.45) is 4.99 Å². The first-order chi connectivity index (χ1) is 15.0. The number of hydrogen-bond donors (Lipinski definition) is 2. The molecule has 0 fully saturated rings. The Hall–Kier alpha value is -3.02. The minimum atomic E-state index is 0.0211. The predicted molar refractivity (Wildman–Crippen MR) is 128 cm³/mol. The van der Waals surface area contributed by atoms with Gasteiger partial charge in [0.2, 0.25) is 0 Å². The van der Waals surface area contributed by atoms with Gasteiger partial charge in [-0.05, 0) is 54.7 Å². The minimum absolute atomic E-state index is 0.0211. The lowest BCUT2D eigenvalue weighted by atomic mass is 10.1. The number of aliphatic imine (C=N–C) groups is 1. The molecule has 2 N–H and O–H groups in total. The van der Waals surface area contributed by atoms with Gasteiger partial charge in [-0.2, -0.15) is 0 Å². The van der Waals surface area contributed by atoms with Crippen LogP contribution >= 0.6 is 0 Å². The molecule has 168 valence electrons. The van der Waals surface area contributed by atoms with Crippen LogP contribution < -0.4 is 15.4 Å². The van der Waals surface area contributed by atoms with Crippen LogP contribution in [-0.4, -0.2) is 57.6 Å². The van der Waals surface area contributed by atoms with Crippen molar-refractivity contribution in [3.05, 3.63) is 65.2 Å². The average Bonchev–Trinajstić information content (AvgIpc) is 2.79. The Morgan fingerprint density at radius 1 is 1.00 bits per heavy atom. The molecule has 2 aromatic rings. The zero-order valence-electron chi connectivity index (χ0n) is 19.3. The van der Waals surface area contributed by atoms with Crippen LogP contribution in [0, 0.1) is 0 Å². The second-order valence-corrected chi connectivity index (χ2v) is 7.67. The fourth-order valence-electron chi connectivity index (χ4n) is 3.08. The smallest absolute Gasteiger partial charge is 0.253 e. The summed E-state index contributed by atoms with van der Waals surface area (Å²) >= 11 is 0. The monoisotopic (exact) mass is 424 g/mol. The predicted octanol–water partition coefficient (Wildman–Crippen LogP) is 3.52. The van der Waals surface area contributed by atoms with Gasteiger partial charge in [-0.25, -0.2) is 0 Å². The van der Waals surface area contributed by atoms with Gasteiger partial charge >= 0.3 is 0 Å². The Kier molecular flexibility index (Phi) is 10.4. The average molecular weight is 425 g/mol. The Labute approximate surface area is 186 Å². The number of nitrogens with one attached hydrogen (secondary N) is 2. The third kappa shape index (κ3) is 8.70. The van der Waals surface area contributed by atoms with Crippen molar-refractivity contribution >= 4 is 11.9 Å². The summed E-state index contributed by atoms with van der Waals surface area (Å²) in [7, 11) is 5.30. The molecule has 0 spiro atoms. The van der Waals surface area contributed by atoms with Gasteiger partial charge in [-0.1, -0.05) is 37.6 Å². The molecular formula is C25H36N4O2. The first kappa shape index (κ1) is 24.3. The number of unbranched alkanes of at least 4 members (excludes halogenated alkanes) is 1. The van der Waals surface area contributed by atoms with E-state index in [4.69, 9.17) is 4.74 Å². The van der Waals surface area contributed by atoms with E-state index in [0.717, 1.165) is 62.7 Å². The van der Waals surface area contributed by atoms with Crippen molar-refractivity contribution in [2.45, 2.75) is 32.6 Å². The second-order valence-electron chi connectivity index (χ2n) is 7.67. The van der Waals surface area contributed by atoms with Crippen molar-refractivity contribution in [2.75, 3.05) is 40.8 Å². The maximum atomic E-state index is 12.1. The van der Waals surface area contributed by atoms with E-state index < -0.39 is 0 Å². The van der Waals surface area contributed by atoms with Gasteiger partial charge in [0, 0.05) is 39.8 Å². The molecule has 0 unspecified atom stereocenters. The summed E-state index contributed by atoms with van der Waals surface area (Å²) in [5.41, 5.74) is 3.09. The van der Waals surface area contributed by atoms with Crippen molar-refractivity contribution in [1.82, 2.24) is 15.5 Å². The molecule has 0 atom stereocenters. The van der Waals surface area contributed by atoms with Crippen LogP contribution in [0.1, 0.15) is 41.3 Å². The van der Waals surface area contributed by atoms with Gasteiger partial charge < -0.3 is 20.3 Å². The lowest BCUT2D eigenvalue weighted by Gasteiger charge is -2.13. The van der Waals surface area contributed by atoms with E-state index in [1.165, 1.54) is 5.56 Å². The number of carbonyl (C=O) groups excluding carboxylic acids is 1. The van der Waals surface area contributed by atoms with Gasteiger partial charge in [0.05, 0.1) is 6.61 Å². The van der Waals surface area contributed by atoms with E-state index >= 15 is 0 Å². The zero-order valence-corrected chi connectivity index (χ0v) is 19.3. The first-order valence-electron chi connectivity index (χ1n) is 11.0. The van der Waals surface area contributed by atoms with Crippen LogP contribution in [0.4, 0.5) is 0 Å². The number of amides is 1. The summed E-state index contributed by atoms with van der Waals surface area (Å²) in [5.74, 6) is 1.73. The van der Waals surface area contributed by atoms with Gasteiger partial charge in [-0.3, -0.25) is 9.79 Å². The van der Waals surface area contributed by atoms with Crippen molar-refractivity contribution in [3.8, 4) is 5.75 Å². The summed E-state index contributed by atoms with van der Waals surface area (Å²) in [4.78, 5) is 18.0. The molecule has 0 aromatic heterocycles. The maximum absolute atomic E-state index is 12.1. The molecule has 0 aliphatic carbocycles. The molecular weight excluding hydrogens is 388 g/mol. The Bertz CT molecular complexity index is 832. The standard InChI is InChI=1S/C25H36N4O2/c1-5-6-18-31-23-12-10-20(11-13-23)14-16-27-25(26-2)28-17-15-21-8-7-9-22(19-21)24(30)29(3)4/h7-13,19H,5-6,14-18H2,1-4H3,(H2,26,27,28). The van der Waals surface area contributed by atoms with Crippen LogP contribution in [-0.2, 0) is 12.8 Å². The van der Waals surface area contributed by atoms with Gasteiger partial charge in [0.15, 0.2) is 5.96 Å². The highest BCUT2D eigenvalue weighted by Gasteiger charge is 2.08. The molecule has 6 nitrogen and oxygen atoms in total. The van der Waals surface area contributed by atoms with E-state index in [1.54, 1.807) is 26.0 Å². The third-order valence-corrected chi connectivity index (χ3v) is 4.91. The normalized spacial score (nSPS) is 11.2. The number of benzene rings is 2. The summed E-state index contributed by atoms with van der Waals surface area (Å²) in [6, 6.07) is 16.1. The molecule has 1 amide bonds. The van der Waals surface area contributed by atoms with E-state index in [2.05, 4.69) is 34.7 Å². The SMILES string of the molecule is CCCCOc1ccc(CCNC(=NC)NCCc2cccc(C(=O)N(C)C)c2)cc1. The van der Waals surface area contributed by atoms with Gasteiger partial charge in [0.1, 0.15) is 5.75 Å². The minimum Gasteiger partial charge on any atom is -0.494 e. The summed E-state index contributed by atoms with van der Waals surface area (Å²) < 4.78 is 5.71. The van der Waals surface area contributed by atoms with Crippen LogP contribution in [0.25, 0.3) is 0 Å². The summed E-state index contributed by atoms with van der Waals surface area (Å²) in [6.45, 7) is 4.47. The highest BCUT2D eigenvalue weighted by molar-refractivity contribution is 5.94. The second kappa shape index (κ2) is 13.3. The van der Waals surface area contributed by atoms with Crippen LogP contribution in [0.3, 0.4) is 0 Å². The topological polar surface area (TPSA) is 66.0 Å². The van der Waals surface area contributed by atoms with E-state index in [9.17, 15) is 4.79 Å². The molecule has 0 saturated heterocycles. The Morgan fingerprint density at radius 2 is 1.68 bits per heavy atom. The fourth-order valence-corrected chi connectivity index (χ4v) is 3.08. The lowest BCUT2D eigenvalue weighted by molar-refractivity contribution is 0.0827. The largest absolute Gasteiger partial charge is 0.494 e. The molecule has 6 heteroatoms. The molecule has 0 radical (unpaired) electrons. The summed E-state index contributed by atoms with van der Waals surface area (Å²) in [5, 5.41) is 6.69. The summed E-state index contributed by atoms with van der Waals surface area (Å²) in [6.07, 6.45) is 3.94. The van der Waals surface area contributed by atoms with E-state index in [0.29, 0.717) is 5.56 Å². The fraction of sp³-hybridized carbons (Fsp3) is 0.440. The van der Waals surface area contributed by atoms with Crippen molar-refractivity contribution < 1.29 is 9.53 Å². The number of guanidine groups is 1. The van der Waals surface area contributed by atoms with Crippen LogP contribution in [0.2, 0.25) is 0 Å². The van der Waals surface area contributed by atoms with Gasteiger partial charge in [-0.15, -0.1) is 0 Å². The molecule has 2 rings (SSSR count). The first-order valence-corrected chi connectivity index (χ1v) is 11.0. The quantitative estimate of drug-likeness (QED) is 0.329. The number of ether oxygens (including phenoxy) is 1. The van der Waals surface area contributed by atoms with Crippen molar-refractivity contribution in [1.29, 1.82) is 0 Å². The Balaban J connectivity index is 1.72. The number of carbonyl (C=O) groups is 1. The Morgan fingerprint density at radius 3 is 2.29 bits per heavy atom. The number of nitrogens with zero attached hydrogens (tertiary/aromatic N) is 2. The van der Waals surface area contributed by atoms with Crippen LogP contribution in [0.5, 0.6) is 5.75 Å². The molecule has 0 aliphatic rings. The third-order valence-electron chi connectivity index (χ3n) is 4.91. The zero-order chi connectivity index (χ0) is 22.5. The molecule has 0 bridgehead atoms. The molecule has 0 aliphatic heterocycles. The number of rotatable bonds is 11. The van der Waals surface area contributed by atoms with E-state index in [-0.39, 0.29) is 5.91 Å². The molecule has 31 heavy (non-hydrogen) atoms. The lowest BCUT2D eigenvalue weighted by Crippen LogP contribution is -2.39. The maximum Gasteiger partial charge on any atom is 0.253 e. The molecule has 0 heterocycles. The van der Waals surface area contributed by atoms with Crippen molar-refractivity contribution in [3.63, 3.8) is 0 Å². The molecule has 2 aromatic carbocycles. The highest BCUT2D eigenvalue weighted by atomic mass is 16.5. The number of hydrogen-bond acceptors (Lipinski definition) is 3. The van der Waals surface area contributed by atoms with Gasteiger partial charge in [0.25, 0.3) is 5.91 Å². The van der Waals surface area contributed by atoms with Crippen LogP contribution in [0.15, 0.2) is 53.5 Å². The highest BCUT2D eigenvalue weighted by Crippen LogP contribution is 2.13. The molecule has 0 saturated carbocycles. The van der Waals surface area contributed by atoms with E-state index in [1.807, 2.05) is 36.4 Å².